The van der Waals surface area contributed by atoms with Gasteiger partial charge in [0.05, 0.1) is 12.2 Å². The molecule has 7 heteroatoms. The minimum atomic E-state index is 0. The lowest BCUT2D eigenvalue weighted by Gasteiger charge is -2.11. The molecule has 0 saturated carbocycles. The van der Waals surface area contributed by atoms with E-state index in [1.54, 1.807) is 0 Å². The first kappa shape index (κ1) is 21.8. The summed E-state index contributed by atoms with van der Waals surface area (Å²) in [6, 6.07) is 7.79. The van der Waals surface area contributed by atoms with Crippen molar-refractivity contribution >= 4 is 41.5 Å². The highest BCUT2D eigenvalue weighted by Gasteiger charge is 2.09. The van der Waals surface area contributed by atoms with Crippen molar-refractivity contribution in [1.29, 1.82) is 0 Å². The van der Waals surface area contributed by atoms with Gasteiger partial charge < -0.3 is 10.6 Å². The SMILES string of the molecule is CCNC(=NCc1cccc(Cl)c1)NCCc1c(C)nn(C)c1C.I. The Hall–Kier alpha value is -1.28. The molecule has 0 aliphatic heterocycles. The fourth-order valence-corrected chi connectivity index (χ4v) is 2.85. The van der Waals surface area contributed by atoms with E-state index in [1.165, 1.54) is 11.3 Å². The predicted octanol–water partition coefficient (Wildman–Crippen LogP) is 3.61. The highest BCUT2D eigenvalue weighted by Crippen LogP contribution is 2.12. The second kappa shape index (κ2) is 10.7. The molecule has 0 amide bonds. The molecule has 1 aromatic carbocycles. The number of guanidine groups is 1. The second-order valence-corrected chi connectivity index (χ2v) is 6.21. The zero-order valence-electron chi connectivity index (χ0n) is 15.3. The van der Waals surface area contributed by atoms with Gasteiger partial charge in [0.15, 0.2) is 5.96 Å². The van der Waals surface area contributed by atoms with E-state index < -0.39 is 0 Å². The van der Waals surface area contributed by atoms with Crippen LogP contribution < -0.4 is 10.6 Å². The molecule has 0 aliphatic rings. The number of hydrogen-bond donors (Lipinski definition) is 2. The van der Waals surface area contributed by atoms with E-state index in [9.17, 15) is 0 Å². The number of nitrogens with zero attached hydrogens (tertiary/aromatic N) is 3. The molecule has 0 unspecified atom stereocenters. The van der Waals surface area contributed by atoms with Gasteiger partial charge in [-0.05, 0) is 50.5 Å². The molecule has 0 saturated heterocycles. The third-order valence-electron chi connectivity index (χ3n) is 3.98. The van der Waals surface area contributed by atoms with Crippen LogP contribution in [0.4, 0.5) is 0 Å². The summed E-state index contributed by atoms with van der Waals surface area (Å²) in [5.41, 5.74) is 4.71. The standard InChI is InChI=1S/C18H26ClN5.HI/c1-5-20-18(22-12-15-7-6-8-16(19)11-15)21-10-9-17-13(2)23-24(4)14(17)3;/h6-8,11H,5,9-10,12H2,1-4H3,(H2,20,21,22);1H. The topological polar surface area (TPSA) is 54.2 Å². The quantitative estimate of drug-likeness (QED) is 0.381. The molecule has 138 valence electrons. The van der Waals surface area contributed by atoms with Crippen LogP contribution in [0.3, 0.4) is 0 Å². The number of aromatic nitrogens is 2. The van der Waals surface area contributed by atoms with Crippen LogP contribution in [-0.2, 0) is 20.0 Å². The Kier molecular flexibility index (Phi) is 9.27. The fraction of sp³-hybridized carbons (Fsp3) is 0.444. The Morgan fingerprint density at radius 1 is 1.28 bits per heavy atom. The Morgan fingerprint density at radius 2 is 2.04 bits per heavy atom. The molecule has 0 bridgehead atoms. The molecular formula is C18H27ClIN5. The summed E-state index contributed by atoms with van der Waals surface area (Å²) in [4.78, 5) is 4.62. The maximum absolute atomic E-state index is 6.02. The Balaban J connectivity index is 0.00000312. The summed E-state index contributed by atoms with van der Waals surface area (Å²) in [6.45, 7) is 8.46. The van der Waals surface area contributed by atoms with Crippen LogP contribution in [0.5, 0.6) is 0 Å². The average Bonchev–Trinajstić information content (AvgIpc) is 2.78. The fourth-order valence-electron chi connectivity index (χ4n) is 2.63. The minimum Gasteiger partial charge on any atom is -0.357 e. The van der Waals surface area contributed by atoms with E-state index in [0.29, 0.717) is 6.54 Å². The van der Waals surface area contributed by atoms with Gasteiger partial charge in [-0.25, -0.2) is 4.99 Å². The number of aryl methyl sites for hydroxylation is 2. The Labute approximate surface area is 172 Å². The normalized spacial score (nSPS) is 11.2. The van der Waals surface area contributed by atoms with Gasteiger partial charge in [0.1, 0.15) is 0 Å². The number of aliphatic imine (C=N–C) groups is 1. The van der Waals surface area contributed by atoms with Crippen LogP contribution in [0.1, 0.15) is 29.4 Å². The molecular weight excluding hydrogens is 449 g/mol. The summed E-state index contributed by atoms with van der Waals surface area (Å²) in [5, 5.41) is 11.9. The van der Waals surface area contributed by atoms with E-state index >= 15 is 0 Å². The van der Waals surface area contributed by atoms with Crippen LogP contribution >= 0.6 is 35.6 Å². The molecule has 0 fully saturated rings. The summed E-state index contributed by atoms with van der Waals surface area (Å²) in [5.74, 6) is 0.816. The van der Waals surface area contributed by atoms with Crippen LogP contribution in [0, 0.1) is 13.8 Å². The smallest absolute Gasteiger partial charge is 0.191 e. The van der Waals surface area contributed by atoms with Crippen molar-refractivity contribution in [2.75, 3.05) is 13.1 Å². The molecule has 0 spiro atoms. The lowest BCUT2D eigenvalue weighted by atomic mass is 10.1. The Morgan fingerprint density at radius 3 is 2.64 bits per heavy atom. The highest BCUT2D eigenvalue weighted by molar-refractivity contribution is 14.0. The molecule has 2 N–H and O–H groups in total. The van der Waals surface area contributed by atoms with Crippen molar-refractivity contribution < 1.29 is 0 Å². The average molecular weight is 476 g/mol. The first-order valence-corrected chi connectivity index (χ1v) is 8.64. The van der Waals surface area contributed by atoms with Crippen molar-refractivity contribution in [3.63, 3.8) is 0 Å². The zero-order valence-corrected chi connectivity index (χ0v) is 18.4. The number of benzene rings is 1. The van der Waals surface area contributed by atoms with Crippen LogP contribution in [0.15, 0.2) is 29.3 Å². The van der Waals surface area contributed by atoms with E-state index in [1.807, 2.05) is 36.0 Å². The summed E-state index contributed by atoms with van der Waals surface area (Å²) in [7, 11) is 1.98. The first-order chi connectivity index (χ1) is 11.5. The lowest BCUT2D eigenvalue weighted by molar-refractivity contribution is 0.729. The van der Waals surface area contributed by atoms with Crippen LogP contribution in [0.2, 0.25) is 5.02 Å². The van der Waals surface area contributed by atoms with Gasteiger partial charge in [0.2, 0.25) is 0 Å². The third kappa shape index (κ3) is 6.51. The van der Waals surface area contributed by atoms with Gasteiger partial charge in [-0.3, -0.25) is 4.68 Å². The number of halogens is 2. The zero-order chi connectivity index (χ0) is 17.5. The largest absolute Gasteiger partial charge is 0.357 e. The van der Waals surface area contributed by atoms with E-state index in [-0.39, 0.29) is 24.0 Å². The monoisotopic (exact) mass is 475 g/mol. The first-order valence-electron chi connectivity index (χ1n) is 8.27. The molecule has 2 aromatic rings. The molecule has 2 rings (SSSR count). The van der Waals surface area contributed by atoms with Crippen molar-refractivity contribution in [3.05, 3.63) is 51.8 Å². The van der Waals surface area contributed by atoms with Crippen molar-refractivity contribution in [3.8, 4) is 0 Å². The maximum atomic E-state index is 6.02. The van der Waals surface area contributed by atoms with E-state index in [4.69, 9.17) is 11.6 Å². The molecule has 1 aromatic heterocycles. The molecule has 0 atom stereocenters. The Bertz CT molecular complexity index is 711. The second-order valence-electron chi connectivity index (χ2n) is 5.77. The molecule has 5 nitrogen and oxygen atoms in total. The maximum Gasteiger partial charge on any atom is 0.191 e. The van der Waals surface area contributed by atoms with E-state index in [2.05, 4.69) is 41.5 Å². The summed E-state index contributed by atoms with van der Waals surface area (Å²) < 4.78 is 1.93. The van der Waals surface area contributed by atoms with E-state index in [0.717, 1.165) is 41.7 Å². The minimum absolute atomic E-state index is 0. The molecule has 25 heavy (non-hydrogen) atoms. The van der Waals surface area contributed by atoms with Gasteiger partial charge >= 0.3 is 0 Å². The summed E-state index contributed by atoms with van der Waals surface area (Å²) in [6.07, 6.45) is 0.924. The number of hydrogen-bond acceptors (Lipinski definition) is 2. The van der Waals surface area contributed by atoms with Gasteiger partial charge in [-0.1, -0.05) is 23.7 Å². The van der Waals surface area contributed by atoms with Crippen LogP contribution in [-0.4, -0.2) is 28.8 Å². The predicted molar refractivity (Wildman–Crippen MR) is 116 cm³/mol. The van der Waals surface area contributed by atoms with Gasteiger partial charge in [0, 0.05) is 30.9 Å². The highest BCUT2D eigenvalue weighted by atomic mass is 127. The van der Waals surface area contributed by atoms with Crippen molar-refractivity contribution in [2.24, 2.45) is 12.0 Å². The van der Waals surface area contributed by atoms with Gasteiger partial charge in [-0.2, -0.15) is 5.10 Å². The third-order valence-corrected chi connectivity index (χ3v) is 4.21. The lowest BCUT2D eigenvalue weighted by Crippen LogP contribution is -2.38. The van der Waals surface area contributed by atoms with Crippen LogP contribution in [0.25, 0.3) is 0 Å². The number of rotatable bonds is 6. The van der Waals surface area contributed by atoms with Crippen molar-refractivity contribution in [2.45, 2.75) is 33.7 Å². The van der Waals surface area contributed by atoms with Crippen molar-refractivity contribution in [1.82, 2.24) is 20.4 Å². The molecule has 1 heterocycles. The van der Waals surface area contributed by atoms with Gasteiger partial charge in [-0.15, -0.1) is 24.0 Å². The molecule has 0 radical (unpaired) electrons. The number of nitrogens with one attached hydrogen (secondary N) is 2. The van der Waals surface area contributed by atoms with Gasteiger partial charge in [0.25, 0.3) is 0 Å². The summed E-state index contributed by atoms with van der Waals surface area (Å²) >= 11 is 6.02. The molecule has 0 aliphatic carbocycles.